The monoisotopic (exact) mass is 204 g/mol. The maximum absolute atomic E-state index is 8.63. The van der Waals surface area contributed by atoms with Crippen LogP contribution in [0, 0.1) is 0 Å². The molecule has 11 heavy (non-hydrogen) atoms. The Labute approximate surface area is 71.9 Å². The molecule has 0 saturated carbocycles. The van der Waals surface area contributed by atoms with Gasteiger partial charge in [0.05, 0.1) is 12.5 Å². The molecule has 0 spiro atoms. The first kappa shape index (κ1) is 17.3. The van der Waals surface area contributed by atoms with Crippen LogP contribution in [0.25, 0.3) is 0 Å². The highest BCUT2D eigenvalue weighted by Crippen LogP contribution is 1.76. The molecule has 0 bridgehead atoms. The fourth-order valence-corrected chi connectivity index (χ4v) is 0. The smallest absolute Gasteiger partial charge is 0.215 e. The van der Waals surface area contributed by atoms with E-state index in [0.717, 1.165) is 0 Å². The van der Waals surface area contributed by atoms with Crippen molar-refractivity contribution >= 4 is 21.3 Å². The first-order valence-electron chi connectivity index (χ1n) is 2.49. The van der Waals surface area contributed by atoms with E-state index in [4.69, 9.17) is 17.5 Å². The molecule has 1 N–H and O–H groups in total. The molecule has 0 amide bonds. The van der Waals surface area contributed by atoms with Crippen LogP contribution in [0.4, 0.5) is 0 Å². The summed E-state index contributed by atoms with van der Waals surface area (Å²) in [5.41, 5.74) is 0. The predicted octanol–water partition coefficient (Wildman–Crippen LogP) is 0.525. The Hall–Kier alpha value is 0.220. The van der Waals surface area contributed by atoms with Crippen LogP contribution in [0.1, 0.15) is 14.4 Å². The largest absolute Gasteiger partial charge is 0.726 e. The molecule has 0 heterocycles. The van der Waals surface area contributed by atoms with E-state index in [-0.39, 0.29) is 7.43 Å². The van der Waals surface area contributed by atoms with Crippen molar-refractivity contribution in [1.29, 1.82) is 0 Å². The summed E-state index contributed by atoms with van der Waals surface area (Å²) in [6, 6.07) is 0. The van der Waals surface area contributed by atoms with Gasteiger partial charge < -0.3 is 4.55 Å². The molecule has 0 aliphatic heterocycles. The van der Waals surface area contributed by atoms with Gasteiger partial charge in [0.25, 0.3) is 0 Å². The molecule has 0 unspecified atom stereocenters. The Bertz CT molecular complexity index is 142. The summed E-state index contributed by atoms with van der Waals surface area (Å²) < 4.78 is 32.8. The molecular formula is C5H16O4S2. The lowest BCUT2D eigenvalue weighted by atomic mass is 11.0. The van der Waals surface area contributed by atoms with Crippen molar-refractivity contribution in [2.24, 2.45) is 0 Å². The highest BCUT2D eigenvalue weighted by atomic mass is 32.3. The highest BCUT2D eigenvalue weighted by molar-refractivity contribution is 7.95. The van der Waals surface area contributed by atoms with Crippen LogP contribution in [0.15, 0.2) is 0 Å². The van der Waals surface area contributed by atoms with Gasteiger partial charge in [0.1, 0.15) is 5.75 Å². The Kier molecular flexibility index (Phi) is 13.1. The van der Waals surface area contributed by atoms with Crippen LogP contribution in [0.5, 0.6) is 0 Å². The van der Waals surface area contributed by atoms with E-state index in [9.17, 15) is 0 Å². The van der Waals surface area contributed by atoms with Crippen molar-refractivity contribution in [2.75, 3.05) is 18.3 Å². The first-order valence-corrected chi connectivity index (χ1v) is 6.07. The average Bonchev–Trinajstić information content (AvgIpc) is 1.61. The van der Waals surface area contributed by atoms with Crippen LogP contribution in [0.2, 0.25) is 0 Å². The van der Waals surface area contributed by atoms with E-state index in [1.807, 2.05) is 0 Å². The Morgan fingerprint density at radius 2 is 1.55 bits per heavy atom. The molecule has 0 aliphatic carbocycles. The van der Waals surface area contributed by atoms with E-state index < -0.39 is 10.4 Å². The van der Waals surface area contributed by atoms with Gasteiger partial charge >= 0.3 is 0 Å². The van der Waals surface area contributed by atoms with Gasteiger partial charge in [-0.25, -0.2) is 8.42 Å². The maximum Gasteiger partial charge on any atom is 0.215 e. The molecule has 0 rings (SSSR count). The van der Waals surface area contributed by atoms with Gasteiger partial charge in [0.15, 0.2) is 0 Å². The minimum Gasteiger partial charge on any atom is -0.726 e. The molecule has 0 fully saturated rings. The Morgan fingerprint density at radius 3 is 1.55 bits per heavy atom. The van der Waals surface area contributed by atoms with Crippen LogP contribution in [-0.4, -0.2) is 35.8 Å². The van der Waals surface area contributed by atoms with Crippen molar-refractivity contribution in [3.05, 3.63) is 0 Å². The third-order valence-electron chi connectivity index (χ3n) is 0.577. The third-order valence-corrected chi connectivity index (χ3v) is 1.73. The second-order valence-electron chi connectivity index (χ2n) is 1.70. The number of rotatable bonds is 1. The van der Waals surface area contributed by atoms with Crippen molar-refractivity contribution in [3.8, 4) is 0 Å². The van der Waals surface area contributed by atoms with Crippen LogP contribution in [0.3, 0.4) is 0 Å². The van der Waals surface area contributed by atoms with Crippen molar-refractivity contribution < 1.29 is 17.5 Å². The zero-order valence-electron chi connectivity index (χ0n) is 6.20. The van der Waals surface area contributed by atoms with Gasteiger partial charge in [-0.2, -0.15) is 0 Å². The zero-order valence-corrected chi connectivity index (χ0v) is 7.83. The average molecular weight is 204 g/mol. The minimum atomic E-state index is -4.92. The molecule has 6 heteroatoms. The molecule has 0 radical (unpaired) electrons. The van der Waals surface area contributed by atoms with Crippen LogP contribution >= 0.6 is 0 Å². The highest BCUT2D eigenvalue weighted by Gasteiger charge is 1.89. The molecule has 0 saturated heterocycles. The Morgan fingerprint density at radius 1 is 1.45 bits per heavy atom. The van der Waals surface area contributed by atoms with E-state index in [0.29, 0.717) is 10.9 Å². The topological polar surface area (TPSA) is 77.4 Å². The second-order valence-corrected chi connectivity index (χ2v) is 5.11. The van der Waals surface area contributed by atoms with E-state index in [1.54, 1.807) is 0 Å². The molecule has 4 nitrogen and oxygen atoms in total. The summed E-state index contributed by atoms with van der Waals surface area (Å²) in [6.07, 6.45) is 4.50. The van der Waals surface area contributed by atoms with Gasteiger partial charge in [0.2, 0.25) is 10.4 Å². The van der Waals surface area contributed by atoms with Crippen molar-refractivity contribution in [1.82, 2.24) is 0 Å². The molecule has 0 aromatic carbocycles. The van der Waals surface area contributed by atoms with Gasteiger partial charge in [-0.1, -0.05) is 7.43 Å². The summed E-state index contributed by atoms with van der Waals surface area (Å²) in [4.78, 5) is 0. The lowest BCUT2D eigenvalue weighted by Crippen LogP contribution is -1.94. The van der Waals surface area contributed by atoms with Gasteiger partial charge in [-0.05, 0) is 17.8 Å². The summed E-state index contributed by atoms with van der Waals surface area (Å²) in [5.74, 6) is 1.33. The third kappa shape index (κ3) is 140. The van der Waals surface area contributed by atoms with E-state index in [2.05, 4.69) is 19.4 Å². The fraction of sp³-hybridized carbons (Fsp3) is 1.00. The summed E-state index contributed by atoms with van der Waals surface area (Å²) in [5, 5.41) is 0. The first-order chi connectivity index (χ1) is 4.27. The van der Waals surface area contributed by atoms with Gasteiger partial charge in [-0.3, -0.25) is 4.55 Å². The summed E-state index contributed by atoms with van der Waals surface area (Å²) in [6.45, 7) is 2.21. The molecule has 0 aliphatic rings. The van der Waals surface area contributed by atoms with Crippen LogP contribution in [-0.2, 0) is 21.3 Å². The molecule has 0 aromatic rings. The predicted molar refractivity (Wildman–Crippen MR) is 48.8 cm³/mol. The molecule has 72 valence electrons. The molecule has 0 atom stereocenters. The van der Waals surface area contributed by atoms with E-state index >= 15 is 0 Å². The lowest BCUT2D eigenvalue weighted by Gasteiger charge is -1.88. The fourth-order valence-electron chi connectivity index (χ4n) is 0. The standard InChI is InChI=1S/C4H11S.CH4.H2O4S/c1-4-5(2)3;;1-5(2,3)4/h4H2,1-3H3;1H4;(H2,1,2,3,4)/q+1;;/p-1. The van der Waals surface area contributed by atoms with Crippen LogP contribution < -0.4 is 0 Å². The zero-order chi connectivity index (χ0) is 8.78. The minimum absolute atomic E-state index is 0. The van der Waals surface area contributed by atoms with Gasteiger partial charge in [-0.15, -0.1) is 0 Å². The second kappa shape index (κ2) is 8.32. The Balaban J connectivity index is -0.000000107. The quantitative estimate of drug-likeness (QED) is 0.384. The SMILES string of the molecule is C.CC[S+](C)C.O=S(=O)([O-])O. The molecular weight excluding hydrogens is 188 g/mol. The van der Waals surface area contributed by atoms with Gasteiger partial charge in [0, 0.05) is 0 Å². The van der Waals surface area contributed by atoms with E-state index in [1.165, 1.54) is 5.75 Å². The normalized spacial score (nSPS) is 9.64. The summed E-state index contributed by atoms with van der Waals surface area (Å²) in [7, 11) is -4.24. The maximum atomic E-state index is 8.63. The number of hydrogen-bond donors (Lipinski definition) is 1. The van der Waals surface area contributed by atoms with Crippen molar-refractivity contribution in [3.63, 3.8) is 0 Å². The summed E-state index contributed by atoms with van der Waals surface area (Å²) >= 11 is 0. The lowest BCUT2D eigenvalue weighted by molar-refractivity contribution is 0.366. The molecule has 0 aromatic heterocycles. The van der Waals surface area contributed by atoms with Crippen molar-refractivity contribution in [2.45, 2.75) is 14.4 Å². The number of hydrogen-bond acceptors (Lipinski definition) is 3.